The van der Waals surface area contributed by atoms with E-state index in [0.29, 0.717) is 6.04 Å². The van der Waals surface area contributed by atoms with Crippen molar-refractivity contribution in [1.82, 2.24) is 14.5 Å². The van der Waals surface area contributed by atoms with E-state index in [4.69, 9.17) is 4.74 Å². The molecule has 1 aromatic carbocycles. The van der Waals surface area contributed by atoms with Crippen molar-refractivity contribution in [3.05, 3.63) is 65.1 Å². The maximum Gasteiger partial charge on any atom is 0.100 e. The molecule has 31 heavy (non-hydrogen) atoms. The third-order valence-electron chi connectivity index (χ3n) is 7.89. The highest BCUT2D eigenvalue weighted by molar-refractivity contribution is 5.87. The molecule has 0 bridgehead atoms. The molecule has 0 radical (unpaired) electrons. The van der Waals surface area contributed by atoms with Gasteiger partial charge in [-0.1, -0.05) is 18.1 Å². The lowest BCUT2D eigenvalue weighted by Gasteiger charge is -2.32. The number of fused-ring (bicyclic) bond motifs is 5. The van der Waals surface area contributed by atoms with E-state index >= 15 is 0 Å². The van der Waals surface area contributed by atoms with E-state index in [1.807, 2.05) is 12.4 Å². The van der Waals surface area contributed by atoms with Crippen LogP contribution in [-0.4, -0.2) is 34.1 Å². The number of hydrogen-bond donors (Lipinski definition) is 0. The summed E-state index contributed by atoms with van der Waals surface area (Å²) in [6, 6.07) is 11.9. The van der Waals surface area contributed by atoms with Crippen LogP contribution >= 0.6 is 0 Å². The number of rotatable bonds is 6. The van der Waals surface area contributed by atoms with Crippen molar-refractivity contribution in [3.63, 3.8) is 0 Å². The van der Waals surface area contributed by atoms with Gasteiger partial charge in [-0.2, -0.15) is 0 Å². The first kappa shape index (κ1) is 19.5. The SMILES string of the molecule is Cc1ccc2c(c1)c1c(n2C[C@H](OCC2CCC2)c2ccncc2)CCN2CCC[C@H]12. The van der Waals surface area contributed by atoms with Crippen LogP contribution < -0.4 is 0 Å². The Kier molecular flexibility index (Phi) is 5.08. The van der Waals surface area contributed by atoms with Gasteiger partial charge in [-0.05, 0) is 80.5 Å². The molecular formula is C27H33N3O. The molecule has 0 spiro atoms. The minimum absolute atomic E-state index is 0.0752. The minimum Gasteiger partial charge on any atom is -0.371 e. The van der Waals surface area contributed by atoms with Crippen LogP contribution in [-0.2, 0) is 17.7 Å². The van der Waals surface area contributed by atoms with Crippen LogP contribution in [0.1, 0.15) is 66.6 Å². The lowest BCUT2D eigenvalue weighted by molar-refractivity contribution is 0.000641. The standard InChI is InChI=1S/C27H33N3O/c1-19-7-8-23-22(16-19)27-24-6-3-14-29(24)15-11-25(27)30(23)17-26(21-9-12-28-13-10-21)31-18-20-4-2-5-20/h7-10,12-13,16,20,24,26H,2-6,11,14-15,17-18H2,1H3/t24-,26+/m1/s1. The van der Waals surface area contributed by atoms with Gasteiger partial charge in [0.2, 0.25) is 0 Å². The number of ether oxygens (including phenoxy) is 1. The van der Waals surface area contributed by atoms with E-state index in [9.17, 15) is 0 Å². The van der Waals surface area contributed by atoms with Crippen LogP contribution in [0.15, 0.2) is 42.7 Å². The third-order valence-corrected chi connectivity index (χ3v) is 7.89. The Morgan fingerprint density at radius 2 is 1.94 bits per heavy atom. The summed E-state index contributed by atoms with van der Waals surface area (Å²) in [5.74, 6) is 0.745. The third kappa shape index (κ3) is 3.50. The van der Waals surface area contributed by atoms with E-state index in [2.05, 4.69) is 51.7 Å². The molecule has 162 valence electrons. The van der Waals surface area contributed by atoms with Gasteiger partial charge in [-0.25, -0.2) is 0 Å². The van der Waals surface area contributed by atoms with Crippen molar-refractivity contribution < 1.29 is 4.74 Å². The summed E-state index contributed by atoms with van der Waals surface area (Å²) in [6.45, 7) is 6.44. The molecule has 6 rings (SSSR count). The maximum atomic E-state index is 6.60. The molecule has 4 heteroatoms. The number of hydrogen-bond acceptors (Lipinski definition) is 3. The number of pyridine rings is 1. The summed E-state index contributed by atoms with van der Waals surface area (Å²) in [4.78, 5) is 6.96. The highest BCUT2D eigenvalue weighted by Crippen LogP contribution is 2.44. The molecule has 2 aromatic heterocycles. The predicted octanol–water partition coefficient (Wildman–Crippen LogP) is 5.60. The number of aromatic nitrogens is 2. The fourth-order valence-electron chi connectivity index (χ4n) is 5.98. The van der Waals surface area contributed by atoms with Crippen molar-refractivity contribution in [2.45, 2.75) is 64.1 Å². The van der Waals surface area contributed by atoms with E-state index in [1.54, 1.807) is 11.3 Å². The largest absolute Gasteiger partial charge is 0.371 e. The van der Waals surface area contributed by atoms with Crippen LogP contribution in [0.2, 0.25) is 0 Å². The summed E-state index contributed by atoms with van der Waals surface area (Å²) >= 11 is 0. The van der Waals surface area contributed by atoms with Crippen LogP contribution in [0.5, 0.6) is 0 Å². The molecule has 2 aliphatic heterocycles. The second-order valence-electron chi connectivity index (χ2n) is 9.84. The summed E-state index contributed by atoms with van der Waals surface area (Å²) < 4.78 is 9.20. The van der Waals surface area contributed by atoms with Gasteiger partial charge in [0.1, 0.15) is 6.10 Å². The fourth-order valence-corrected chi connectivity index (χ4v) is 5.98. The van der Waals surface area contributed by atoms with Gasteiger partial charge in [-0.15, -0.1) is 0 Å². The zero-order valence-corrected chi connectivity index (χ0v) is 18.6. The second-order valence-corrected chi connectivity index (χ2v) is 9.84. The monoisotopic (exact) mass is 415 g/mol. The van der Waals surface area contributed by atoms with Crippen molar-refractivity contribution in [2.75, 3.05) is 19.7 Å². The molecule has 2 fully saturated rings. The average molecular weight is 416 g/mol. The van der Waals surface area contributed by atoms with Crippen LogP contribution in [0.4, 0.5) is 0 Å². The summed E-state index contributed by atoms with van der Waals surface area (Å²) in [7, 11) is 0. The van der Waals surface area contributed by atoms with Gasteiger partial charge in [0, 0.05) is 48.0 Å². The lowest BCUT2D eigenvalue weighted by Crippen LogP contribution is -2.32. The first-order valence-corrected chi connectivity index (χ1v) is 12.1. The van der Waals surface area contributed by atoms with Gasteiger partial charge in [0.25, 0.3) is 0 Å². The minimum atomic E-state index is 0.0752. The molecule has 1 saturated carbocycles. The quantitative estimate of drug-likeness (QED) is 0.525. The summed E-state index contributed by atoms with van der Waals surface area (Å²) in [5.41, 5.74) is 7.14. The predicted molar refractivity (Wildman–Crippen MR) is 124 cm³/mol. The van der Waals surface area contributed by atoms with Gasteiger partial charge >= 0.3 is 0 Å². The van der Waals surface area contributed by atoms with E-state index in [1.165, 1.54) is 67.2 Å². The Labute approximate surface area is 185 Å². The second kappa shape index (κ2) is 8.07. The smallest absolute Gasteiger partial charge is 0.100 e. The van der Waals surface area contributed by atoms with E-state index in [-0.39, 0.29) is 6.10 Å². The fraction of sp³-hybridized carbons (Fsp3) is 0.519. The van der Waals surface area contributed by atoms with Crippen molar-refractivity contribution in [1.29, 1.82) is 0 Å². The molecule has 4 nitrogen and oxygen atoms in total. The lowest BCUT2D eigenvalue weighted by atomic mass is 9.86. The molecule has 3 aliphatic rings. The molecule has 1 aliphatic carbocycles. The van der Waals surface area contributed by atoms with Gasteiger partial charge < -0.3 is 9.30 Å². The molecule has 0 N–H and O–H groups in total. The first-order valence-electron chi connectivity index (χ1n) is 12.1. The van der Waals surface area contributed by atoms with Crippen molar-refractivity contribution in [3.8, 4) is 0 Å². The Balaban J connectivity index is 1.41. The highest BCUT2D eigenvalue weighted by Gasteiger charge is 2.35. The molecule has 0 unspecified atom stereocenters. The molecule has 4 heterocycles. The number of nitrogens with zero attached hydrogens (tertiary/aromatic N) is 3. The van der Waals surface area contributed by atoms with Gasteiger partial charge in [0.15, 0.2) is 0 Å². The number of benzene rings is 1. The topological polar surface area (TPSA) is 30.3 Å². The molecule has 0 amide bonds. The Morgan fingerprint density at radius 3 is 2.74 bits per heavy atom. The van der Waals surface area contributed by atoms with Crippen LogP contribution in [0.25, 0.3) is 10.9 Å². The molecule has 2 atom stereocenters. The zero-order chi connectivity index (χ0) is 20.8. The van der Waals surface area contributed by atoms with Gasteiger partial charge in [-0.3, -0.25) is 9.88 Å². The Hall–Kier alpha value is -2.17. The normalized spacial score (nSPS) is 22.3. The van der Waals surface area contributed by atoms with Crippen LogP contribution in [0, 0.1) is 12.8 Å². The highest BCUT2D eigenvalue weighted by atomic mass is 16.5. The average Bonchev–Trinajstić information content (AvgIpc) is 3.35. The van der Waals surface area contributed by atoms with Gasteiger partial charge in [0.05, 0.1) is 13.2 Å². The number of aryl methyl sites for hydroxylation is 1. The molecule has 1 saturated heterocycles. The van der Waals surface area contributed by atoms with Crippen molar-refractivity contribution in [2.24, 2.45) is 5.92 Å². The molecular weight excluding hydrogens is 382 g/mol. The summed E-state index contributed by atoms with van der Waals surface area (Å²) in [6.07, 6.45) is 11.6. The Morgan fingerprint density at radius 1 is 1.06 bits per heavy atom. The summed E-state index contributed by atoms with van der Waals surface area (Å²) in [5, 5.41) is 1.47. The van der Waals surface area contributed by atoms with Crippen molar-refractivity contribution >= 4 is 10.9 Å². The zero-order valence-electron chi connectivity index (χ0n) is 18.6. The van der Waals surface area contributed by atoms with E-state index < -0.39 is 0 Å². The Bertz CT molecular complexity index is 1070. The van der Waals surface area contributed by atoms with Crippen LogP contribution in [0.3, 0.4) is 0 Å². The molecule has 3 aromatic rings. The first-order chi connectivity index (χ1) is 15.3. The van der Waals surface area contributed by atoms with E-state index in [0.717, 1.165) is 25.5 Å². The maximum absolute atomic E-state index is 6.60.